The third-order valence-electron chi connectivity index (χ3n) is 4.58. The van der Waals surface area contributed by atoms with Crippen LogP contribution in [0, 0.1) is 11.7 Å². The van der Waals surface area contributed by atoms with Gasteiger partial charge in [0.05, 0.1) is 29.0 Å². The maximum atomic E-state index is 13.7. The number of phenols is 1. The number of hydrogen-bond acceptors (Lipinski definition) is 7. The Hall–Kier alpha value is -3.20. The van der Waals surface area contributed by atoms with Crippen LogP contribution in [0.4, 0.5) is 21.7 Å². The fourth-order valence-electron chi connectivity index (χ4n) is 3.03. The van der Waals surface area contributed by atoms with Crippen molar-refractivity contribution >= 4 is 35.0 Å². The van der Waals surface area contributed by atoms with E-state index in [-0.39, 0.29) is 35.0 Å². The second-order valence-electron chi connectivity index (χ2n) is 7.41. The Balaban J connectivity index is 1.87. The van der Waals surface area contributed by atoms with Crippen LogP contribution in [-0.4, -0.2) is 38.8 Å². The molecule has 1 amide bonds. The molecule has 3 N–H and O–H groups in total. The highest BCUT2D eigenvalue weighted by molar-refractivity contribution is 6.99. The third kappa shape index (κ3) is 4.68. The lowest BCUT2D eigenvalue weighted by Gasteiger charge is -2.23. The van der Waals surface area contributed by atoms with Gasteiger partial charge in [0.1, 0.15) is 5.82 Å². The van der Waals surface area contributed by atoms with Crippen LogP contribution in [0.5, 0.6) is 5.75 Å². The molecule has 9 heteroatoms. The van der Waals surface area contributed by atoms with Gasteiger partial charge in [0.25, 0.3) is 5.91 Å². The number of carbonyl (C=O) groups excluding carboxylic acids is 1. The van der Waals surface area contributed by atoms with E-state index in [0.29, 0.717) is 17.3 Å². The standard InChI is InChI=1S/C21H24FN5O2S/c1-12(2)17(13-7-5-8-14(22)11-13)24-20-19(25-30-26-20)23-16-10-6-9-15(18(16)28)21(29)27(3)4/h5-12,17,28H,1-4H3,(H,23,25)(H,24,26)/t17-/m1/s1. The van der Waals surface area contributed by atoms with Crippen LogP contribution in [0.15, 0.2) is 42.5 Å². The first-order valence-corrected chi connectivity index (χ1v) is 10.2. The first kappa shape index (κ1) is 21.5. The lowest BCUT2D eigenvalue weighted by atomic mass is 9.96. The molecule has 1 aromatic heterocycles. The molecule has 0 saturated carbocycles. The van der Waals surface area contributed by atoms with Crippen LogP contribution in [0.2, 0.25) is 0 Å². The van der Waals surface area contributed by atoms with E-state index < -0.39 is 0 Å². The van der Waals surface area contributed by atoms with Crippen LogP contribution in [0.1, 0.15) is 35.8 Å². The monoisotopic (exact) mass is 429 g/mol. The highest BCUT2D eigenvalue weighted by Gasteiger charge is 2.21. The zero-order valence-electron chi connectivity index (χ0n) is 17.2. The van der Waals surface area contributed by atoms with Gasteiger partial charge in [-0.25, -0.2) is 4.39 Å². The molecule has 0 saturated heterocycles. The molecule has 0 aliphatic heterocycles. The van der Waals surface area contributed by atoms with E-state index >= 15 is 0 Å². The molecular weight excluding hydrogens is 405 g/mol. The number of rotatable bonds is 7. The first-order chi connectivity index (χ1) is 14.3. The first-order valence-electron chi connectivity index (χ1n) is 9.43. The number of phenolic OH excluding ortho intramolecular Hbond substituents is 1. The maximum absolute atomic E-state index is 13.7. The molecule has 0 aliphatic carbocycles. The number of anilines is 3. The summed E-state index contributed by atoms with van der Waals surface area (Å²) in [6, 6.07) is 11.1. The molecular formula is C21H24FN5O2S. The normalized spacial score (nSPS) is 11.9. The Morgan fingerprint density at radius 3 is 2.50 bits per heavy atom. The number of aromatic hydroxyl groups is 1. The molecule has 0 aliphatic rings. The van der Waals surface area contributed by atoms with Crippen molar-refractivity contribution in [3.8, 4) is 5.75 Å². The summed E-state index contributed by atoms with van der Waals surface area (Å²) in [5.41, 5.74) is 1.32. The van der Waals surface area contributed by atoms with Crippen molar-refractivity contribution in [2.24, 2.45) is 5.92 Å². The van der Waals surface area contributed by atoms with Crippen LogP contribution in [-0.2, 0) is 0 Å². The van der Waals surface area contributed by atoms with Gasteiger partial charge >= 0.3 is 0 Å². The van der Waals surface area contributed by atoms with Crippen LogP contribution >= 0.6 is 11.7 Å². The summed E-state index contributed by atoms with van der Waals surface area (Å²) in [6.45, 7) is 4.05. The molecule has 30 heavy (non-hydrogen) atoms. The smallest absolute Gasteiger partial charge is 0.257 e. The molecule has 1 heterocycles. The highest BCUT2D eigenvalue weighted by Crippen LogP contribution is 2.35. The number of nitrogens with zero attached hydrogens (tertiary/aromatic N) is 3. The topological polar surface area (TPSA) is 90.4 Å². The number of para-hydroxylation sites is 1. The summed E-state index contributed by atoms with van der Waals surface area (Å²) in [4.78, 5) is 13.7. The summed E-state index contributed by atoms with van der Waals surface area (Å²) < 4.78 is 22.3. The molecule has 0 unspecified atom stereocenters. The van der Waals surface area contributed by atoms with Gasteiger partial charge in [-0.15, -0.1) is 0 Å². The Morgan fingerprint density at radius 2 is 1.83 bits per heavy atom. The van der Waals surface area contributed by atoms with E-state index in [4.69, 9.17) is 0 Å². The lowest BCUT2D eigenvalue weighted by Crippen LogP contribution is -2.21. The fraction of sp³-hybridized carbons (Fsp3) is 0.286. The zero-order chi connectivity index (χ0) is 21.8. The molecule has 3 aromatic rings. The Bertz CT molecular complexity index is 1040. The third-order valence-corrected chi connectivity index (χ3v) is 5.11. The number of amides is 1. The predicted octanol–water partition coefficient (Wildman–Crippen LogP) is 4.64. The number of nitrogens with one attached hydrogen (secondary N) is 2. The van der Waals surface area contributed by atoms with Crippen molar-refractivity contribution in [3.05, 3.63) is 59.4 Å². The number of benzene rings is 2. The van der Waals surface area contributed by atoms with Gasteiger partial charge in [-0.1, -0.05) is 32.0 Å². The van der Waals surface area contributed by atoms with E-state index in [1.165, 1.54) is 17.0 Å². The number of hydrogen-bond donors (Lipinski definition) is 3. The van der Waals surface area contributed by atoms with E-state index in [9.17, 15) is 14.3 Å². The predicted molar refractivity (Wildman–Crippen MR) is 117 cm³/mol. The number of carbonyl (C=O) groups is 1. The van der Waals surface area contributed by atoms with Gasteiger partial charge in [-0.2, -0.15) is 8.75 Å². The largest absolute Gasteiger partial charge is 0.505 e. The van der Waals surface area contributed by atoms with Crippen molar-refractivity contribution in [2.75, 3.05) is 24.7 Å². The molecule has 1 atom stereocenters. The average Bonchev–Trinajstić information content (AvgIpc) is 3.13. The lowest BCUT2D eigenvalue weighted by molar-refractivity contribution is 0.0824. The zero-order valence-corrected chi connectivity index (χ0v) is 18.0. The molecule has 0 spiro atoms. The minimum atomic E-state index is -0.308. The summed E-state index contributed by atoms with van der Waals surface area (Å²) in [7, 11) is 3.24. The van der Waals surface area contributed by atoms with Gasteiger partial charge in [-0.3, -0.25) is 4.79 Å². The summed E-state index contributed by atoms with van der Waals surface area (Å²) in [5.74, 6) is 0.258. The van der Waals surface area contributed by atoms with Crippen LogP contribution in [0.3, 0.4) is 0 Å². The van der Waals surface area contributed by atoms with Crippen molar-refractivity contribution < 1.29 is 14.3 Å². The van der Waals surface area contributed by atoms with E-state index in [1.54, 1.807) is 38.4 Å². The van der Waals surface area contributed by atoms with Crippen molar-refractivity contribution in [1.82, 2.24) is 13.6 Å². The van der Waals surface area contributed by atoms with Gasteiger partial charge in [-0.05, 0) is 35.7 Å². The minimum Gasteiger partial charge on any atom is -0.505 e. The quantitative estimate of drug-likeness (QED) is 0.474. The molecule has 158 valence electrons. The molecule has 2 aromatic carbocycles. The summed E-state index contributed by atoms with van der Waals surface area (Å²) in [5, 5.41) is 16.9. The van der Waals surface area contributed by atoms with Gasteiger partial charge in [0, 0.05) is 14.1 Å². The van der Waals surface area contributed by atoms with E-state index in [2.05, 4.69) is 19.4 Å². The van der Waals surface area contributed by atoms with E-state index in [1.807, 2.05) is 19.9 Å². The van der Waals surface area contributed by atoms with Gasteiger partial charge < -0.3 is 20.6 Å². The Labute approximate surface area is 178 Å². The molecule has 7 nitrogen and oxygen atoms in total. The van der Waals surface area contributed by atoms with Crippen LogP contribution < -0.4 is 10.6 Å². The number of halogens is 1. The molecule has 3 rings (SSSR count). The van der Waals surface area contributed by atoms with Gasteiger partial charge in [0.2, 0.25) is 0 Å². The van der Waals surface area contributed by atoms with E-state index in [0.717, 1.165) is 17.3 Å². The second kappa shape index (κ2) is 9.08. The fourth-order valence-corrected chi connectivity index (χ4v) is 3.51. The maximum Gasteiger partial charge on any atom is 0.257 e. The van der Waals surface area contributed by atoms with Crippen molar-refractivity contribution in [1.29, 1.82) is 0 Å². The minimum absolute atomic E-state index is 0.149. The van der Waals surface area contributed by atoms with Crippen LogP contribution in [0.25, 0.3) is 0 Å². The summed E-state index contributed by atoms with van der Waals surface area (Å²) in [6.07, 6.45) is 0. The molecule has 0 radical (unpaired) electrons. The SMILES string of the molecule is CC(C)[C@@H](Nc1nsnc1Nc1cccc(C(=O)N(C)C)c1O)c1cccc(F)c1. The Morgan fingerprint density at radius 1 is 1.13 bits per heavy atom. The highest BCUT2D eigenvalue weighted by atomic mass is 32.1. The average molecular weight is 430 g/mol. The Kier molecular flexibility index (Phi) is 6.51. The van der Waals surface area contributed by atoms with Gasteiger partial charge in [0.15, 0.2) is 17.4 Å². The van der Waals surface area contributed by atoms with Crippen molar-refractivity contribution in [2.45, 2.75) is 19.9 Å². The summed E-state index contributed by atoms with van der Waals surface area (Å²) >= 11 is 1.00. The second-order valence-corrected chi connectivity index (χ2v) is 7.94. The van der Waals surface area contributed by atoms with Crippen molar-refractivity contribution in [3.63, 3.8) is 0 Å². The molecule has 0 bridgehead atoms. The molecule has 0 fully saturated rings. The number of aromatic nitrogens is 2.